The maximum atomic E-state index is 9.14. The average molecular weight is 163 g/mol. The molecular weight excluding hydrogens is 150 g/mol. The second-order valence-electron chi connectivity index (χ2n) is 2.78. The molecule has 0 aromatic carbocycles. The summed E-state index contributed by atoms with van der Waals surface area (Å²) >= 11 is 0. The van der Waals surface area contributed by atoms with Crippen molar-refractivity contribution in [3.63, 3.8) is 0 Å². The number of aliphatic hydroxyl groups excluding tert-OH is 3. The van der Waals surface area contributed by atoms with Gasteiger partial charge in [-0.2, -0.15) is 0 Å². The van der Waals surface area contributed by atoms with Crippen LogP contribution in [-0.4, -0.2) is 46.0 Å². The fourth-order valence-electron chi connectivity index (χ4n) is 1.08. The molecule has 0 amide bonds. The molecule has 1 heterocycles. The molecule has 5 heteroatoms. The van der Waals surface area contributed by atoms with E-state index in [1.54, 1.807) is 6.92 Å². The highest BCUT2D eigenvalue weighted by Crippen LogP contribution is 2.17. The SMILES string of the molecule is CC1OC(N)C(O)C(O)C1O. The van der Waals surface area contributed by atoms with Crippen molar-refractivity contribution in [1.82, 2.24) is 0 Å². The molecule has 0 saturated carbocycles. The van der Waals surface area contributed by atoms with E-state index in [2.05, 4.69) is 0 Å². The lowest BCUT2D eigenvalue weighted by Crippen LogP contribution is -2.59. The van der Waals surface area contributed by atoms with Crippen LogP contribution < -0.4 is 5.73 Å². The zero-order valence-electron chi connectivity index (χ0n) is 6.21. The Bertz CT molecular complexity index is 129. The fraction of sp³-hybridized carbons (Fsp3) is 1.00. The van der Waals surface area contributed by atoms with Crippen LogP contribution in [0.5, 0.6) is 0 Å². The maximum absolute atomic E-state index is 9.14. The molecule has 1 aliphatic rings. The minimum atomic E-state index is -1.21. The molecule has 0 radical (unpaired) electrons. The van der Waals surface area contributed by atoms with Gasteiger partial charge in [-0.3, -0.25) is 0 Å². The molecule has 0 aliphatic carbocycles. The van der Waals surface area contributed by atoms with Gasteiger partial charge in [-0.25, -0.2) is 0 Å². The van der Waals surface area contributed by atoms with Crippen molar-refractivity contribution in [2.75, 3.05) is 0 Å². The van der Waals surface area contributed by atoms with Crippen molar-refractivity contribution >= 4 is 0 Å². The van der Waals surface area contributed by atoms with Crippen molar-refractivity contribution in [3.05, 3.63) is 0 Å². The quantitative estimate of drug-likeness (QED) is 0.324. The summed E-state index contributed by atoms with van der Waals surface area (Å²) in [7, 11) is 0. The molecule has 5 atom stereocenters. The topological polar surface area (TPSA) is 95.9 Å². The van der Waals surface area contributed by atoms with Gasteiger partial charge in [0, 0.05) is 0 Å². The molecule has 5 nitrogen and oxygen atoms in total. The van der Waals surface area contributed by atoms with E-state index in [4.69, 9.17) is 25.8 Å². The largest absolute Gasteiger partial charge is 0.388 e. The number of rotatable bonds is 0. The van der Waals surface area contributed by atoms with Gasteiger partial charge in [0.05, 0.1) is 6.10 Å². The number of aliphatic hydroxyl groups is 3. The van der Waals surface area contributed by atoms with Gasteiger partial charge in [0.2, 0.25) is 0 Å². The predicted molar refractivity (Wildman–Crippen MR) is 36.5 cm³/mol. The molecule has 1 fully saturated rings. The van der Waals surface area contributed by atoms with E-state index >= 15 is 0 Å². The second-order valence-corrected chi connectivity index (χ2v) is 2.78. The number of nitrogens with two attached hydrogens (primary N) is 1. The summed E-state index contributed by atoms with van der Waals surface area (Å²) in [5.41, 5.74) is 5.28. The summed E-state index contributed by atoms with van der Waals surface area (Å²) in [6.45, 7) is 1.58. The molecule has 5 N–H and O–H groups in total. The van der Waals surface area contributed by atoms with Crippen LogP contribution in [0.25, 0.3) is 0 Å². The highest BCUT2D eigenvalue weighted by Gasteiger charge is 2.39. The van der Waals surface area contributed by atoms with Gasteiger partial charge in [-0.1, -0.05) is 0 Å². The zero-order chi connectivity index (χ0) is 8.59. The Morgan fingerprint density at radius 2 is 1.64 bits per heavy atom. The Morgan fingerprint density at radius 1 is 1.09 bits per heavy atom. The Hall–Kier alpha value is -0.200. The van der Waals surface area contributed by atoms with Crippen LogP contribution in [0.2, 0.25) is 0 Å². The third-order valence-electron chi connectivity index (χ3n) is 1.89. The summed E-state index contributed by atoms with van der Waals surface area (Å²) in [6.07, 6.45) is -4.94. The van der Waals surface area contributed by atoms with Crippen molar-refractivity contribution in [1.29, 1.82) is 0 Å². The molecule has 0 bridgehead atoms. The molecule has 5 unspecified atom stereocenters. The summed E-state index contributed by atoms with van der Waals surface area (Å²) in [6, 6.07) is 0. The zero-order valence-corrected chi connectivity index (χ0v) is 6.21. The first-order valence-electron chi connectivity index (χ1n) is 3.49. The van der Waals surface area contributed by atoms with Crippen molar-refractivity contribution < 1.29 is 20.1 Å². The molecule has 11 heavy (non-hydrogen) atoms. The predicted octanol–water partition coefficient (Wildman–Crippen LogP) is -2.23. The van der Waals surface area contributed by atoms with Crippen LogP contribution in [0.15, 0.2) is 0 Å². The van der Waals surface area contributed by atoms with Crippen LogP contribution in [-0.2, 0) is 4.74 Å². The maximum Gasteiger partial charge on any atom is 0.135 e. The lowest BCUT2D eigenvalue weighted by Gasteiger charge is -2.37. The standard InChI is InChI=1S/C6H13NO4/c1-2-3(8)4(9)5(10)6(7)11-2/h2-6,8-10H,7H2,1H3. The minimum absolute atomic E-state index is 0.539. The smallest absolute Gasteiger partial charge is 0.135 e. The molecule has 66 valence electrons. The Morgan fingerprint density at radius 3 is 2.18 bits per heavy atom. The summed E-state index contributed by atoms with van der Waals surface area (Å²) in [5.74, 6) is 0. The molecule has 1 saturated heterocycles. The molecule has 0 aromatic rings. The van der Waals surface area contributed by atoms with Gasteiger partial charge < -0.3 is 25.8 Å². The van der Waals surface area contributed by atoms with E-state index in [1.807, 2.05) is 0 Å². The monoisotopic (exact) mass is 163 g/mol. The second kappa shape index (κ2) is 3.04. The van der Waals surface area contributed by atoms with Gasteiger partial charge in [-0.15, -0.1) is 0 Å². The van der Waals surface area contributed by atoms with Gasteiger partial charge >= 0.3 is 0 Å². The lowest BCUT2D eigenvalue weighted by molar-refractivity contribution is -0.215. The number of hydrogen-bond donors (Lipinski definition) is 4. The van der Waals surface area contributed by atoms with Crippen LogP contribution in [0.4, 0.5) is 0 Å². The molecule has 0 aromatic heterocycles. The summed E-state index contributed by atoms with van der Waals surface area (Å²) in [4.78, 5) is 0. The number of hydrogen-bond acceptors (Lipinski definition) is 5. The fourth-order valence-corrected chi connectivity index (χ4v) is 1.08. The Labute approximate surface area is 64.4 Å². The van der Waals surface area contributed by atoms with E-state index < -0.39 is 30.6 Å². The molecule has 1 aliphatic heterocycles. The molecule has 1 rings (SSSR count). The van der Waals surface area contributed by atoms with E-state index in [0.29, 0.717) is 0 Å². The van der Waals surface area contributed by atoms with E-state index in [1.165, 1.54) is 0 Å². The number of ether oxygens (including phenoxy) is 1. The minimum Gasteiger partial charge on any atom is -0.388 e. The highest BCUT2D eigenvalue weighted by atomic mass is 16.5. The summed E-state index contributed by atoms with van der Waals surface area (Å²) in [5, 5.41) is 27.3. The van der Waals surface area contributed by atoms with Crippen molar-refractivity contribution in [3.8, 4) is 0 Å². The average Bonchev–Trinajstić information content (AvgIpc) is 1.97. The Balaban J connectivity index is 2.63. The lowest BCUT2D eigenvalue weighted by atomic mass is 9.99. The highest BCUT2D eigenvalue weighted by molar-refractivity contribution is 4.87. The summed E-state index contributed by atoms with van der Waals surface area (Å²) < 4.78 is 4.90. The first kappa shape index (κ1) is 8.89. The third-order valence-corrected chi connectivity index (χ3v) is 1.89. The third kappa shape index (κ3) is 1.52. The molecular formula is C6H13NO4. The van der Waals surface area contributed by atoms with Crippen molar-refractivity contribution in [2.45, 2.75) is 37.6 Å². The van der Waals surface area contributed by atoms with Crippen LogP contribution in [0, 0.1) is 0 Å². The van der Waals surface area contributed by atoms with Gasteiger partial charge in [0.15, 0.2) is 0 Å². The van der Waals surface area contributed by atoms with Gasteiger partial charge in [-0.05, 0) is 6.92 Å². The van der Waals surface area contributed by atoms with E-state index in [0.717, 1.165) is 0 Å². The Kier molecular flexibility index (Phi) is 2.46. The normalized spacial score (nSPS) is 52.6. The first-order valence-corrected chi connectivity index (χ1v) is 3.49. The van der Waals surface area contributed by atoms with Gasteiger partial charge in [0.1, 0.15) is 24.5 Å². The van der Waals surface area contributed by atoms with Crippen LogP contribution in [0.1, 0.15) is 6.92 Å². The first-order chi connectivity index (χ1) is 5.04. The van der Waals surface area contributed by atoms with E-state index in [-0.39, 0.29) is 0 Å². The van der Waals surface area contributed by atoms with E-state index in [9.17, 15) is 0 Å². The van der Waals surface area contributed by atoms with Crippen molar-refractivity contribution in [2.24, 2.45) is 5.73 Å². The molecule has 0 spiro atoms. The van der Waals surface area contributed by atoms with Crippen LogP contribution >= 0.6 is 0 Å². The van der Waals surface area contributed by atoms with Gasteiger partial charge in [0.25, 0.3) is 0 Å². The van der Waals surface area contributed by atoms with Crippen LogP contribution in [0.3, 0.4) is 0 Å².